The summed E-state index contributed by atoms with van der Waals surface area (Å²) in [6, 6.07) is 0.526. The van der Waals surface area contributed by atoms with Crippen LogP contribution in [0.4, 0.5) is 19.2 Å². The Hall–Kier alpha value is -4.06. The van der Waals surface area contributed by atoms with Gasteiger partial charge in [-0.3, -0.25) is 9.59 Å². The van der Waals surface area contributed by atoms with E-state index in [2.05, 4.69) is 104 Å². The smallest absolute Gasteiger partial charge is 0.407 e. The molecule has 18 nitrogen and oxygen atoms in total. The third-order valence-electron chi connectivity index (χ3n) is 31.8. The van der Waals surface area contributed by atoms with Gasteiger partial charge in [-0.15, -0.1) is 0 Å². The molecule has 12 saturated carbocycles. The number of carboxylic acids is 2. The maximum absolute atomic E-state index is 13.6. The highest BCUT2D eigenvalue weighted by Gasteiger charge is 2.75. The number of ether oxygens (including phenoxy) is 6. The first kappa shape index (κ1) is 69.8. The second-order valence-corrected chi connectivity index (χ2v) is 36.3. The van der Waals surface area contributed by atoms with Crippen LogP contribution in [-0.4, -0.2) is 124 Å². The van der Waals surface area contributed by atoms with Crippen LogP contribution in [0.15, 0.2) is 0 Å². The predicted octanol–water partition coefficient (Wildman–Crippen LogP) is 14.6. The molecule has 12 rings (SSSR count). The van der Waals surface area contributed by atoms with Crippen LogP contribution < -0.4 is 21.3 Å². The molecule has 18 heteroatoms. The largest absolute Gasteiger partial charge is 0.481 e. The highest BCUT2D eigenvalue weighted by molar-refractivity contribution is 5.77. The van der Waals surface area contributed by atoms with E-state index < -0.39 is 35.0 Å². The lowest BCUT2D eigenvalue weighted by Crippen LogP contribution is -2.67. The second-order valence-electron chi connectivity index (χ2n) is 36.3. The van der Waals surface area contributed by atoms with E-state index in [1.807, 2.05) is 0 Å². The lowest BCUT2D eigenvalue weighted by Gasteiger charge is -2.72. The van der Waals surface area contributed by atoms with Gasteiger partial charge in [-0.25, -0.2) is 19.2 Å². The second kappa shape index (κ2) is 25.6. The average molecular weight is 1320 g/mol. The van der Waals surface area contributed by atoms with Gasteiger partial charge in [0.05, 0.1) is 50.5 Å². The first-order chi connectivity index (χ1) is 44.4. The summed E-state index contributed by atoms with van der Waals surface area (Å²) in [7, 11) is 0. The van der Waals surface area contributed by atoms with Crippen molar-refractivity contribution in [2.75, 3.05) is 52.7 Å². The third kappa shape index (κ3) is 11.6. The molecule has 9 unspecified atom stereocenters. The SMILES string of the molecule is C[C@@H](COC(=O)NCCOCCOCCNC(=O)OC[C@H](C)[C@@H]1CC[C@]2(C(=O)O)CC[C@]3(C)C(CCC4[C@@]5(C)CC[C@@H](OC(=O)NC6CC6)C(C)(C)C5CC[C@]43C)C12)[C@@H]1CC[C@]2(C(=O)O)CC[C@]3(C)C(CCC4[C@@]5(C)CCC(OC(=O)NC6CC6)C(C)(C)C5CC[C@]43C)C12. The Morgan fingerprint density at radius 2 is 0.787 bits per heavy atom. The number of carbonyl (C=O) groups excluding carboxylic acids is 4. The molecule has 0 aromatic heterocycles. The number of carbonyl (C=O) groups is 6. The number of nitrogens with one attached hydrogen (secondary N) is 4. The number of alkyl carbamates (subject to hydrolysis) is 4. The van der Waals surface area contributed by atoms with Gasteiger partial charge in [-0.05, 0) is 258 Å². The summed E-state index contributed by atoms with van der Waals surface area (Å²) in [5.41, 5.74) is -1.65. The highest BCUT2D eigenvalue weighted by Crippen LogP contribution is 2.80. The van der Waals surface area contributed by atoms with Crippen LogP contribution in [0.5, 0.6) is 0 Å². The van der Waals surface area contributed by atoms with Crippen molar-refractivity contribution >= 4 is 36.3 Å². The molecule has 0 spiro atoms. The molecule has 22 atom stereocenters. The van der Waals surface area contributed by atoms with Crippen LogP contribution >= 0.6 is 0 Å². The molecule has 0 heterocycles. The van der Waals surface area contributed by atoms with Gasteiger partial charge in [0.2, 0.25) is 0 Å². The van der Waals surface area contributed by atoms with Gasteiger partial charge in [-0.2, -0.15) is 0 Å². The number of aliphatic carboxylic acids is 2. The van der Waals surface area contributed by atoms with Crippen molar-refractivity contribution < 1.29 is 67.4 Å². The fourth-order valence-corrected chi connectivity index (χ4v) is 26.3. The van der Waals surface area contributed by atoms with Crippen molar-refractivity contribution in [2.24, 2.45) is 125 Å². The Morgan fingerprint density at radius 1 is 0.404 bits per heavy atom. The third-order valence-corrected chi connectivity index (χ3v) is 31.8. The molecule has 94 heavy (non-hydrogen) atoms. The zero-order valence-corrected chi connectivity index (χ0v) is 59.7. The van der Waals surface area contributed by atoms with Gasteiger partial charge in [0.15, 0.2) is 0 Å². The quantitative estimate of drug-likeness (QED) is 0.0462. The van der Waals surface area contributed by atoms with Crippen LogP contribution in [0.2, 0.25) is 0 Å². The summed E-state index contributed by atoms with van der Waals surface area (Å²) in [6.07, 6.45) is 20.8. The summed E-state index contributed by atoms with van der Waals surface area (Å²) in [4.78, 5) is 79.2. The number of hydrogen-bond donors (Lipinski definition) is 6. The molecule has 4 amide bonds. The Balaban J connectivity index is 0.553. The molecular weight excluding hydrogens is 1190 g/mol. The molecular formula is C76H122N4O14. The maximum Gasteiger partial charge on any atom is 0.407 e. The number of amides is 4. The molecule has 0 aromatic rings. The van der Waals surface area contributed by atoms with E-state index in [4.69, 9.17) is 28.4 Å². The molecule has 0 bridgehead atoms. The summed E-state index contributed by atoms with van der Waals surface area (Å²) >= 11 is 0. The lowest BCUT2D eigenvalue weighted by atomic mass is 9.32. The van der Waals surface area contributed by atoms with E-state index in [0.717, 1.165) is 128 Å². The highest BCUT2D eigenvalue weighted by atomic mass is 16.6. The van der Waals surface area contributed by atoms with Crippen LogP contribution in [-0.2, 0) is 38.0 Å². The van der Waals surface area contributed by atoms with Gasteiger partial charge in [0.1, 0.15) is 12.2 Å². The Kier molecular flexibility index (Phi) is 19.0. The number of fused-ring (bicyclic) bond motifs is 14. The summed E-state index contributed by atoms with van der Waals surface area (Å²) in [5, 5.41) is 34.0. The zero-order chi connectivity index (χ0) is 67.4. The van der Waals surface area contributed by atoms with Crippen molar-refractivity contribution in [1.82, 2.24) is 21.3 Å². The van der Waals surface area contributed by atoms with Gasteiger partial charge in [0, 0.05) is 36.0 Å². The van der Waals surface area contributed by atoms with Gasteiger partial charge in [-0.1, -0.05) is 83.1 Å². The topological polar surface area (TPSA) is 246 Å². The molecule has 530 valence electrons. The molecule has 12 aliphatic rings. The number of hydrogen-bond acceptors (Lipinski definition) is 12. The first-order valence-corrected chi connectivity index (χ1v) is 37.7. The standard InChI is InChI=1S/C76H122N4O14/c1-45(49-21-31-75(61(81)82)35-33-71(9)51(59(49)75)17-19-55-69(7)27-25-57(93-65(87)79-47-13-14-47)67(3,4)53(69)23-29-73(55,71)11)43-91-63(85)77-37-39-89-41-42-90-40-38-78-64(86)92-44-46(2)50-22-32-76(62(83)84)36-34-72(10)52(60(50)76)18-20-56-70(8)28-26-58(94-66(88)80-48-15-16-48)68(5,6)54(70)24-30-74(56,72)12/h45-60H,13-44H2,1-12H3,(H,77,85)(H,78,86)(H,79,87)(H,80,88)(H,81,82)(H,83,84)/t45-,46-,49-,50-,51?,52?,53?,54?,55?,56?,57+,58?,59?,60?,69-,70-,71+,72+,73+,74+,75-,76-/m0/s1. The molecule has 0 saturated heterocycles. The van der Waals surface area contributed by atoms with E-state index in [1.165, 1.54) is 0 Å². The van der Waals surface area contributed by atoms with Crippen LogP contribution in [0, 0.1) is 125 Å². The minimum Gasteiger partial charge on any atom is -0.481 e. The maximum atomic E-state index is 13.6. The molecule has 6 N–H and O–H groups in total. The van der Waals surface area contributed by atoms with Crippen molar-refractivity contribution in [3.63, 3.8) is 0 Å². The van der Waals surface area contributed by atoms with Crippen LogP contribution in [0.1, 0.15) is 237 Å². The van der Waals surface area contributed by atoms with E-state index in [9.17, 15) is 39.0 Å². The first-order valence-electron chi connectivity index (χ1n) is 37.7. The van der Waals surface area contributed by atoms with E-state index in [1.54, 1.807) is 0 Å². The predicted molar refractivity (Wildman–Crippen MR) is 355 cm³/mol. The fourth-order valence-electron chi connectivity index (χ4n) is 26.3. The van der Waals surface area contributed by atoms with Crippen molar-refractivity contribution in [3.05, 3.63) is 0 Å². The Bertz CT molecular complexity index is 2660. The monoisotopic (exact) mass is 1310 g/mol. The molecule has 0 aromatic carbocycles. The summed E-state index contributed by atoms with van der Waals surface area (Å²) in [6.45, 7) is 30.9. The molecule has 0 aliphatic heterocycles. The van der Waals surface area contributed by atoms with Crippen LogP contribution in [0.25, 0.3) is 0 Å². The number of rotatable bonds is 21. The van der Waals surface area contributed by atoms with E-state index in [-0.39, 0.29) is 167 Å². The summed E-state index contributed by atoms with van der Waals surface area (Å²) in [5.74, 6) is 1.30. The minimum atomic E-state index is -0.764. The van der Waals surface area contributed by atoms with Crippen molar-refractivity contribution in [3.8, 4) is 0 Å². The molecule has 12 aliphatic carbocycles. The summed E-state index contributed by atoms with van der Waals surface area (Å²) < 4.78 is 35.7. The minimum absolute atomic E-state index is 0.00729. The fraction of sp³-hybridized carbons (Fsp3) is 0.921. The normalized spacial score (nSPS) is 44.3. The van der Waals surface area contributed by atoms with E-state index >= 15 is 0 Å². The van der Waals surface area contributed by atoms with E-state index in [0.29, 0.717) is 62.6 Å². The Morgan fingerprint density at radius 3 is 1.15 bits per heavy atom. The lowest BCUT2D eigenvalue weighted by molar-refractivity contribution is -0.249. The van der Waals surface area contributed by atoms with Crippen molar-refractivity contribution in [2.45, 2.75) is 261 Å². The van der Waals surface area contributed by atoms with Crippen LogP contribution in [0.3, 0.4) is 0 Å². The van der Waals surface area contributed by atoms with Gasteiger partial charge in [0.25, 0.3) is 0 Å². The molecule has 0 radical (unpaired) electrons. The van der Waals surface area contributed by atoms with Crippen molar-refractivity contribution in [1.29, 1.82) is 0 Å². The average Bonchev–Trinajstić information content (AvgIpc) is 1.02. The zero-order valence-electron chi connectivity index (χ0n) is 59.7. The Labute approximate surface area is 561 Å². The van der Waals surface area contributed by atoms with Gasteiger partial charge >= 0.3 is 36.3 Å². The number of carboxylic acid groups (broad SMARTS) is 2. The molecule has 12 fully saturated rings. The van der Waals surface area contributed by atoms with Gasteiger partial charge < -0.3 is 59.9 Å².